The molecule has 4 aromatic rings. The summed E-state index contributed by atoms with van der Waals surface area (Å²) in [5.74, 6) is -0.111. The first kappa shape index (κ1) is 21.8. The minimum absolute atomic E-state index is 0.0000772. The number of imide groups is 1. The van der Waals surface area contributed by atoms with Crippen LogP contribution in [0.25, 0.3) is 22.0 Å². The normalized spacial score (nSPS) is 18.9. The molecular formula is C27H23N5O4. The Bertz CT molecular complexity index is 1560. The van der Waals surface area contributed by atoms with E-state index in [0.29, 0.717) is 23.4 Å². The van der Waals surface area contributed by atoms with Gasteiger partial charge in [0.25, 0.3) is 11.8 Å². The number of nitrogens with zero attached hydrogens (tertiary/aromatic N) is 2. The number of H-pyrrole nitrogens is 1. The first-order valence-corrected chi connectivity index (χ1v) is 11.5. The lowest BCUT2D eigenvalue weighted by molar-refractivity contribution is -0.124. The molecule has 3 heterocycles. The lowest BCUT2D eigenvalue weighted by Gasteiger charge is -2.31. The topological polar surface area (TPSA) is 116 Å². The number of hydrogen-bond donors (Lipinski definition) is 3. The summed E-state index contributed by atoms with van der Waals surface area (Å²) in [6.45, 7) is 2.31. The summed E-state index contributed by atoms with van der Waals surface area (Å²) >= 11 is 0. The van der Waals surface area contributed by atoms with Crippen LogP contribution in [0.5, 0.6) is 5.75 Å². The summed E-state index contributed by atoms with van der Waals surface area (Å²) in [4.78, 5) is 40.1. The van der Waals surface area contributed by atoms with Crippen molar-refractivity contribution in [3.63, 3.8) is 0 Å². The van der Waals surface area contributed by atoms with Crippen LogP contribution in [0, 0.1) is 6.92 Å². The number of benzene rings is 3. The second-order valence-corrected chi connectivity index (χ2v) is 9.16. The molecule has 9 nitrogen and oxygen atoms in total. The van der Waals surface area contributed by atoms with Gasteiger partial charge in [-0.1, -0.05) is 36.4 Å². The van der Waals surface area contributed by atoms with E-state index in [1.807, 2.05) is 49.4 Å². The number of nitrogens with one attached hydrogen (secondary N) is 3. The van der Waals surface area contributed by atoms with Gasteiger partial charge in [0.05, 0.1) is 19.2 Å². The molecule has 0 radical (unpaired) electrons. The molecule has 2 aliphatic rings. The Labute approximate surface area is 206 Å². The molecular weight excluding hydrogens is 458 g/mol. The summed E-state index contributed by atoms with van der Waals surface area (Å²) < 4.78 is 5.25. The highest BCUT2D eigenvalue weighted by Crippen LogP contribution is 2.34. The zero-order chi connectivity index (χ0) is 25.0. The summed E-state index contributed by atoms with van der Waals surface area (Å²) in [6, 6.07) is 18.3. The van der Waals surface area contributed by atoms with E-state index in [4.69, 9.17) is 4.74 Å². The fraction of sp³-hybridized carbons (Fsp3) is 0.185. The Morgan fingerprint density at radius 2 is 1.78 bits per heavy atom. The van der Waals surface area contributed by atoms with Crippen LogP contribution in [0.4, 0.5) is 4.79 Å². The molecule has 9 heteroatoms. The highest BCUT2D eigenvalue weighted by atomic mass is 16.5. The van der Waals surface area contributed by atoms with Crippen LogP contribution in [0.1, 0.15) is 27.2 Å². The Hall–Kier alpha value is -4.66. The summed E-state index contributed by atoms with van der Waals surface area (Å²) in [5, 5.41) is 13.4. The molecule has 1 atom stereocenters. The monoisotopic (exact) mass is 481 g/mol. The zero-order valence-electron chi connectivity index (χ0n) is 19.7. The van der Waals surface area contributed by atoms with Crippen LogP contribution < -0.4 is 15.4 Å². The second-order valence-electron chi connectivity index (χ2n) is 9.16. The van der Waals surface area contributed by atoms with Crippen LogP contribution in [-0.4, -0.2) is 46.6 Å². The Kier molecular flexibility index (Phi) is 4.82. The van der Waals surface area contributed by atoms with Crippen molar-refractivity contribution in [2.24, 2.45) is 0 Å². The van der Waals surface area contributed by atoms with E-state index in [9.17, 15) is 14.4 Å². The number of rotatable bonds is 5. The van der Waals surface area contributed by atoms with Gasteiger partial charge in [-0.2, -0.15) is 5.10 Å². The van der Waals surface area contributed by atoms with Crippen molar-refractivity contribution in [3.8, 4) is 16.9 Å². The number of methoxy groups -OCH3 is 1. The number of aromatic nitrogens is 2. The first-order valence-electron chi connectivity index (χ1n) is 11.5. The third-order valence-electron chi connectivity index (χ3n) is 7.02. The molecule has 0 bridgehead atoms. The Morgan fingerprint density at radius 3 is 2.50 bits per heavy atom. The molecule has 4 amide bonds. The molecule has 180 valence electrons. The van der Waals surface area contributed by atoms with Crippen molar-refractivity contribution in [1.29, 1.82) is 0 Å². The number of aromatic amines is 1. The van der Waals surface area contributed by atoms with E-state index in [1.165, 1.54) is 0 Å². The van der Waals surface area contributed by atoms with Gasteiger partial charge >= 0.3 is 6.03 Å². The van der Waals surface area contributed by atoms with Gasteiger partial charge < -0.3 is 15.0 Å². The van der Waals surface area contributed by atoms with Crippen LogP contribution in [-0.2, 0) is 16.9 Å². The Balaban J connectivity index is 1.33. The number of urea groups is 1. The Morgan fingerprint density at radius 1 is 1.00 bits per heavy atom. The summed E-state index contributed by atoms with van der Waals surface area (Å²) in [5.41, 5.74) is 4.42. The lowest BCUT2D eigenvalue weighted by Crippen LogP contribution is -2.52. The molecule has 1 saturated heterocycles. The third-order valence-corrected chi connectivity index (χ3v) is 7.02. The van der Waals surface area contributed by atoms with E-state index in [1.54, 1.807) is 24.1 Å². The lowest BCUT2D eigenvalue weighted by atomic mass is 9.88. The third kappa shape index (κ3) is 3.31. The maximum absolute atomic E-state index is 13.2. The van der Waals surface area contributed by atoms with E-state index in [0.717, 1.165) is 33.3 Å². The quantitative estimate of drug-likeness (QED) is 0.379. The minimum Gasteiger partial charge on any atom is -0.497 e. The van der Waals surface area contributed by atoms with E-state index < -0.39 is 17.5 Å². The van der Waals surface area contributed by atoms with Gasteiger partial charge in [0.15, 0.2) is 5.54 Å². The molecule has 2 aliphatic heterocycles. The maximum atomic E-state index is 13.2. The number of carbonyl (C=O) groups is 3. The smallest absolute Gasteiger partial charge is 0.322 e. The van der Waals surface area contributed by atoms with Gasteiger partial charge in [-0.25, -0.2) is 4.79 Å². The molecule has 3 N–H and O–H groups in total. The van der Waals surface area contributed by atoms with Crippen molar-refractivity contribution >= 4 is 28.7 Å². The molecule has 1 fully saturated rings. The number of ether oxygens (including phenoxy) is 1. The molecule has 0 unspecified atom stereocenters. The van der Waals surface area contributed by atoms with Gasteiger partial charge in [-0.05, 0) is 53.4 Å². The van der Waals surface area contributed by atoms with Crippen LogP contribution in [0.15, 0.2) is 60.7 Å². The minimum atomic E-state index is -1.40. The zero-order valence-corrected chi connectivity index (χ0v) is 19.7. The second kappa shape index (κ2) is 7.94. The standard InChI is InChI=1S/C27H23N5O4/c1-15-21-11-17(6-10-23(21)31-30-15)16-3-7-19(8-4-16)27(25(34)28-26(35)29-27)14-32-13-18-5-9-20(36-2)12-22(18)24(32)33/h3-12H,13-14H2,1-2H3,(H,30,31)(H2,28,29,34,35)/t27-/m0/s1. The van der Waals surface area contributed by atoms with Crippen molar-refractivity contribution < 1.29 is 19.1 Å². The van der Waals surface area contributed by atoms with Gasteiger partial charge in [0, 0.05) is 23.2 Å². The number of hydrogen-bond acceptors (Lipinski definition) is 5. The predicted octanol–water partition coefficient (Wildman–Crippen LogP) is 3.24. The first-order chi connectivity index (χ1) is 17.4. The number of amides is 4. The van der Waals surface area contributed by atoms with Gasteiger partial charge in [-0.3, -0.25) is 20.0 Å². The molecule has 0 aliphatic carbocycles. The van der Waals surface area contributed by atoms with Crippen molar-refractivity contribution in [2.75, 3.05) is 13.7 Å². The largest absolute Gasteiger partial charge is 0.497 e. The average molecular weight is 482 g/mol. The number of aryl methyl sites for hydroxylation is 1. The van der Waals surface area contributed by atoms with Gasteiger partial charge in [-0.15, -0.1) is 0 Å². The maximum Gasteiger partial charge on any atom is 0.322 e. The number of carbonyl (C=O) groups excluding carboxylic acids is 3. The molecule has 3 aromatic carbocycles. The van der Waals surface area contributed by atoms with E-state index in [-0.39, 0.29) is 12.5 Å². The summed E-state index contributed by atoms with van der Waals surface area (Å²) in [7, 11) is 1.55. The van der Waals surface area contributed by atoms with Crippen molar-refractivity contribution in [1.82, 2.24) is 25.7 Å². The molecule has 0 spiro atoms. The average Bonchev–Trinajstić information content (AvgIpc) is 3.51. The van der Waals surface area contributed by atoms with Crippen LogP contribution in [0.2, 0.25) is 0 Å². The highest BCUT2D eigenvalue weighted by Gasteiger charge is 2.50. The predicted molar refractivity (Wildman–Crippen MR) is 132 cm³/mol. The fourth-order valence-corrected chi connectivity index (χ4v) is 5.04. The summed E-state index contributed by atoms with van der Waals surface area (Å²) in [6.07, 6.45) is 0. The van der Waals surface area contributed by atoms with Gasteiger partial charge in [0.1, 0.15) is 5.75 Å². The SMILES string of the molecule is COc1ccc2c(c1)C(=O)N(C[C@@]1(c3ccc(-c4ccc5n[nH]c(C)c5c4)cc3)NC(=O)NC1=O)C2. The van der Waals surface area contributed by atoms with E-state index in [2.05, 4.69) is 26.9 Å². The van der Waals surface area contributed by atoms with Gasteiger partial charge in [0.2, 0.25) is 0 Å². The fourth-order valence-electron chi connectivity index (χ4n) is 5.04. The van der Waals surface area contributed by atoms with Crippen molar-refractivity contribution in [2.45, 2.75) is 19.0 Å². The molecule has 0 saturated carbocycles. The van der Waals surface area contributed by atoms with Crippen LogP contribution >= 0.6 is 0 Å². The van der Waals surface area contributed by atoms with Crippen LogP contribution in [0.3, 0.4) is 0 Å². The number of fused-ring (bicyclic) bond motifs is 2. The van der Waals surface area contributed by atoms with Crippen molar-refractivity contribution in [3.05, 3.63) is 83.0 Å². The molecule has 36 heavy (non-hydrogen) atoms. The highest BCUT2D eigenvalue weighted by molar-refractivity contribution is 6.08. The van der Waals surface area contributed by atoms with E-state index >= 15 is 0 Å². The molecule has 1 aromatic heterocycles. The molecule has 6 rings (SSSR count).